The monoisotopic (exact) mass is 344 g/mol. The normalized spacial score (nSPS) is 30.4. The summed E-state index contributed by atoms with van der Waals surface area (Å²) in [6.07, 6.45) is 6.61. The fraction of sp³-hybridized carbons (Fsp3) is 0.700. The van der Waals surface area contributed by atoms with Crippen molar-refractivity contribution in [3.8, 4) is 0 Å². The molecule has 0 aromatic carbocycles. The summed E-state index contributed by atoms with van der Waals surface area (Å²) in [5.74, 6) is 2.41. The molecular formula is C20H28N2O3. The number of amides is 2. The lowest BCUT2D eigenvalue weighted by molar-refractivity contribution is -0.142. The number of rotatable bonds is 3. The fourth-order valence-electron chi connectivity index (χ4n) is 4.39. The van der Waals surface area contributed by atoms with Gasteiger partial charge in [-0.15, -0.1) is 0 Å². The molecule has 0 radical (unpaired) electrons. The van der Waals surface area contributed by atoms with Gasteiger partial charge in [0.15, 0.2) is 0 Å². The molecule has 3 fully saturated rings. The van der Waals surface area contributed by atoms with E-state index >= 15 is 0 Å². The molecule has 4 rings (SSSR count). The van der Waals surface area contributed by atoms with E-state index in [0.717, 1.165) is 63.4 Å². The smallest absolute Gasteiger partial charge is 0.227 e. The molecule has 136 valence electrons. The zero-order valence-electron chi connectivity index (χ0n) is 15.0. The van der Waals surface area contributed by atoms with Crippen molar-refractivity contribution in [3.05, 3.63) is 24.2 Å². The Labute approximate surface area is 149 Å². The van der Waals surface area contributed by atoms with Gasteiger partial charge in [0.1, 0.15) is 5.76 Å². The van der Waals surface area contributed by atoms with E-state index in [1.807, 2.05) is 21.9 Å². The van der Waals surface area contributed by atoms with Crippen molar-refractivity contribution in [2.24, 2.45) is 17.8 Å². The van der Waals surface area contributed by atoms with Gasteiger partial charge in [-0.25, -0.2) is 0 Å². The van der Waals surface area contributed by atoms with Crippen LogP contribution in [-0.4, -0.2) is 47.8 Å². The maximum absolute atomic E-state index is 12.8. The lowest BCUT2D eigenvalue weighted by Crippen LogP contribution is -2.48. The molecule has 0 bridgehead atoms. The number of carbonyl (C=O) groups excluding carboxylic acids is 2. The van der Waals surface area contributed by atoms with Crippen LogP contribution in [-0.2, 0) is 9.59 Å². The van der Waals surface area contributed by atoms with Crippen LogP contribution in [0.15, 0.2) is 22.8 Å². The Balaban J connectivity index is 1.33. The fourth-order valence-corrected chi connectivity index (χ4v) is 4.39. The van der Waals surface area contributed by atoms with Crippen LogP contribution in [0.5, 0.6) is 0 Å². The molecule has 1 saturated carbocycles. The number of carbonyl (C=O) groups is 2. The number of nitrogens with zero attached hydrogens (tertiary/aromatic N) is 2. The Morgan fingerprint density at radius 3 is 2.60 bits per heavy atom. The zero-order chi connectivity index (χ0) is 17.4. The van der Waals surface area contributed by atoms with Crippen LogP contribution >= 0.6 is 0 Å². The van der Waals surface area contributed by atoms with Crippen molar-refractivity contribution >= 4 is 11.8 Å². The van der Waals surface area contributed by atoms with Crippen molar-refractivity contribution < 1.29 is 14.0 Å². The van der Waals surface area contributed by atoms with Crippen molar-refractivity contribution in [1.82, 2.24) is 9.80 Å². The second-order valence-electron chi connectivity index (χ2n) is 8.10. The first-order valence-electron chi connectivity index (χ1n) is 9.74. The van der Waals surface area contributed by atoms with E-state index in [1.54, 1.807) is 6.26 Å². The molecule has 3 aliphatic rings. The van der Waals surface area contributed by atoms with E-state index in [2.05, 4.69) is 6.92 Å². The molecule has 2 aliphatic heterocycles. The Hall–Kier alpha value is -1.78. The number of furan rings is 1. The van der Waals surface area contributed by atoms with Gasteiger partial charge in [-0.05, 0) is 50.2 Å². The maximum Gasteiger partial charge on any atom is 0.227 e. The summed E-state index contributed by atoms with van der Waals surface area (Å²) in [6, 6.07) is 3.84. The molecule has 5 nitrogen and oxygen atoms in total. The van der Waals surface area contributed by atoms with Crippen LogP contribution in [0.2, 0.25) is 0 Å². The van der Waals surface area contributed by atoms with Crippen molar-refractivity contribution in [3.63, 3.8) is 0 Å². The van der Waals surface area contributed by atoms with E-state index in [9.17, 15) is 9.59 Å². The average molecular weight is 344 g/mol. The van der Waals surface area contributed by atoms with Gasteiger partial charge >= 0.3 is 0 Å². The van der Waals surface area contributed by atoms with Gasteiger partial charge in [0, 0.05) is 38.0 Å². The van der Waals surface area contributed by atoms with E-state index in [0.29, 0.717) is 6.54 Å². The first-order valence-corrected chi connectivity index (χ1v) is 9.74. The SMILES string of the molecule is CC1CCN(C(=O)C2CCCN(C(=O)C3CC3c3ccco3)C2)CC1. The molecule has 0 N–H and O–H groups in total. The molecule has 1 aliphatic carbocycles. The van der Waals surface area contributed by atoms with Gasteiger partial charge in [-0.2, -0.15) is 0 Å². The highest BCUT2D eigenvalue weighted by Gasteiger charge is 2.48. The molecule has 1 aromatic heterocycles. The van der Waals surface area contributed by atoms with Crippen molar-refractivity contribution in [2.75, 3.05) is 26.2 Å². The molecule has 2 saturated heterocycles. The highest BCUT2D eigenvalue weighted by atomic mass is 16.3. The molecule has 25 heavy (non-hydrogen) atoms. The second-order valence-corrected chi connectivity index (χ2v) is 8.10. The summed E-state index contributed by atoms with van der Waals surface area (Å²) in [6.45, 7) is 5.42. The number of hydrogen-bond donors (Lipinski definition) is 0. The van der Waals surface area contributed by atoms with Gasteiger partial charge in [-0.1, -0.05) is 6.92 Å². The predicted octanol–water partition coefficient (Wildman–Crippen LogP) is 2.88. The van der Waals surface area contributed by atoms with Crippen LogP contribution in [0.1, 0.15) is 50.7 Å². The lowest BCUT2D eigenvalue weighted by Gasteiger charge is -2.37. The molecule has 3 atom stereocenters. The van der Waals surface area contributed by atoms with Crippen LogP contribution in [0.25, 0.3) is 0 Å². The first-order chi connectivity index (χ1) is 12.1. The van der Waals surface area contributed by atoms with E-state index in [1.165, 1.54) is 0 Å². The quantitative estimate of drug-likeness (QED) is 0.847. The molecule has 5 heteroatoms. The summed E-state index contributed by atoms with van der Waals surface area (Å²) >= 11 is 0. The Kier molecular flexibility index (Phi) is 4.57. The summed E-state index contributed by atoms with van der Waals surface area (Å²) in [5, 5.41) is 0. The molecule has 3 heterocycles. The average Bonchev–Trinajstić information content (AvgIpc) is 3.25. The van der Waals surface area contributed by atoms with Gasteiger partial charge in [0.05, 0.1) is 12.2 Å². The van der Waals surface area contributed by atoms with E-state index < -0.39 is 0 Å². The summed E-state index contributed by atoms with van der Waals surface area (Å²) in [5.41, 5.74) is 0. The topological polar surface area (TPSA) is 53.8 Å². The molecule has 0 spiro atoms. The van der Waals surface area contributed by atoms with Crippen molar-refractivity contribution in [1.29, 1.82) is 0 Å². The van der Waals surface area contributed by atoms with Crippen LogP contribution in [0.4, 0.5) is 0 Å². The van der Waals surface area contributed by atoms with E-state index in [4.69, 9.17) is 4.42 Å². The number of likely N-dealkylation sites (tertiary alicyclic amines) is 2. The number of piperidine rings is 2. The molecular weight excluding hydrogens is 316 g/mol. The standard InChI is InChI=1S/C20H28N2O3/c1-14-6-9-21(10-7-14)19(23)15-4-2-8-22(13-15)20(24)17-12-16(17)18-5-3-11-25-18/h3,5,11,14-17H,2,4,6-10,12-13H2,1H3. The first kappa shape index (κ1) is 16.7. The van der Waals surface area contributed by atoms with Crippen LogP contribution < -0.4 is 0 Å². The molecule has 2 amide bonds. The van der Waals surface area contributed by atoms with Gasteiger partial charge in [-0.3, -0.25) is 9.59 Å². The lowest BCUT2D eigenvalue weighted by atomic mass is 9.93. The summed E-state index contributed by atoms with van der Waals surface area (Å²) in [7, 11) is 0. The molecule has 1 aromatic rings. The van der Waals surface area contributed by atoms with Crippen molar-refractivity contribution in [2.45, 2.75) is 44.9 Å². The van der Waals surface area contributed by atoms with Gasteiger partial charge in [0.25, 0.3) is 0 Å². The number of hydrogen-bond acceptors (Lipinski definition) is 3. The van der Waals surface area contributed by atoms with Crippen LogP contribution in [0, 0.1) is 17.8 Å². The minimum absolute atomic E-state index is 0.00748. The Morgan fingerprint density at radius 2 is 1.88 bits per heavy atom. The Bertz CT molecular complexity index is 619. The third kappa shape index (κ3) is 3.46. The van der Waals surface area contributed by atoms with Gasteiger partial charge in [0.2, 0.25) is 11.8 Å². The minimum Gasteiger partial charge on any atom is -0.469 e. The zero-order valence-corrected chi connectivity index (χ0v) is 15.0. The minimum atomic E-state index is -0.00748. The highest BCUT2D eigenvalue weighted by molar-refractivity contribution is 5.84. The maximum atomic E-state index is 12.8. The highest BCUT2D eigenvalue weighted by Crippen LogP contribution is 2.48. The largest absolute Gasteiger partial charge is 0.469 e. The van der Waals surface area contributed by atoms with Gasteiger partial charge < -0.3 is 14.2 Å². The molecule has 3 unspecified atom stereocenters. The predicted molar refractivity (Wildman–Crippen MR) is 93.8 cm³/mol. The second kappa shape index (κ2) is 6.85. The van der Waals surface area contributed by atoms with E-state index in [-0.39, 0.29) is 29.6 Å². The third-order valence-corrected chi connectivity index (χ3v) is 6.19. The summed E-state index contributed by atoms with van der Waals surface area (Å²) < 4.78 is 5.44. The third-order valence-electron chi connectivity index (χ3n) is 6.19. The van der Waals surface area contributed by atoms with Crippen LogP contribution in [0.3, 0.4) is 0 Å². The Morgan fingerprint density at radius 1 is 1.08 bits per heavy atom. The summed E-state index contributed by atoms with van der Waals surface area (Å²) in [4.78, 5) is 29.6.